The van der Waals surface area contributed by atoms with Crippen molar-refractivity contribution in [2.75, 3.05) is 6.54 Å². The van der Waals surface area contributed by atoms with Gasteiger partial charge in [-0.3, -0.25) is 4.79 Å². The zero-order chi connectivity index (χ0) is 13.2. The van der Waals surface area contributed by atoms with Crippen molar-refractivity contribution in [1.82, 2.24) is 15.0 Å². The molecule has 0 bridgehead atoms. The summed E-state index contributed by atoms with van der Waals surface area (Å²) in [6, 6.07) is 2.07. The van der Waals surface area contributed by atoms with Crippen LogP contribution < -0.4 is 10.0 Å². The number of piperidine rings is 1. The Balaban J connectivity index is 2.22. The molecule has 1 unspecified atom stereocenters. The first-order valence-electron chi connectivity index (χ1n) is 5.41. The van der Waals surface area contributed by atoms with Crippen LogP contribution in [0.2, 0.25) is 5.15 Å². The lowest BCUT2D eigenvalue weighted by Gasteiger charge is -2.22. The fourth-order valence-electron chi connectivity index (χ4n) is 1.71. The Morgan fingerprint density at radius 2 is 2.28 bits per heavy atom. The molecule has 0 aromatic carbocycles. The molecule has 1 fully saturated rings. The smallest absolute Gasteiger partial charge is 0.244 e. The molecule has 0 aliphatic carbocycles. The van der Waals surface area contributed by atoms with E-state index in [9.17, 15) is 13.2 Å². The van der Waals surface area contributed by atoms with Gasteiger partial charge in [0.05, 0.1) is 0 Å². The van der Waals surface area contributed by atoms with E-state index in [1.54, 1.807) is 0 Å². The molecule has 2 heterocycles. The van der Waals surface area contributed by atoms with E-state index in [1.807, 2.05) is 0 Å². The van der Waals surface area contributed by atoms with E-state index in [0.29, 0.717) is 13.0 Å². The van der Waals surface area contributed by atoms with Gasteiger partial charge in [0.2, 0.25) is 15.9 Å². The summed E-state index contributed by atoms with van der Waals surface area (Å²) in [5.74, 6) is -0.315. The van der Waals surface area contributed by atoms with Crippen LogP contribution >= 0.6 is 11.6 Å². The molecule has 18 heavy (non-hydrogen) atoms. The van der Waals surface area contributed by atoms with Crippen LogP contribution in [0, 0.1) is 0 Å². The number of pyridine rings is 1. The standard InChI is InChI=1S/C10H12ClN3O3S/c11-9-8(4-2-5-12-9)18(16,17)14-7-3-1-6-13-10(7)15/h2,4-5,7,14H,1,3,6H2,(H,13,15). The SMILES string of the molecule is O=C1NCCCC1NS(=O)(=O)c1cccnc1Cl. The Bertz CT molecular complexity index is 561. The number of hydrogen-bond acceptors (Lipinski definition) is 4. The third kappa shape index (κ3) is 2.80. The van der Waals surface area contributed by atoms with Crippen molar-refractivity contribution in [3.05, 3.63) is 23.5 Å². The van der Waals surface area contributed by atoms with Gasteiger partial charge >= 0.3 is 0 Å². The minimum absolute atomic E-state index is 0.110. The lowest BCUT2D eigenvalue weighted by molar-refractivity contribution is -0.124. The molecule has 2 N–H and O–H groups in total. The zero-order valence-electron chi connectivity index (χ0n) is 9.39. The highest BCUT2D eigenvalue weighted by atomic mass is 35.5. The lowest BCUT2D eigenvalue weighted by Crippen LogP contribution is -2.50. The summed E-state index contributed by atoms with van der Waals surface area (Å²) in [5, 5.41) is 2.50. The van der Waals surface area contributed by atoms with E-state index >= 15 is 0 Å². The summed E-state index contributed by atoms with van der Waals surface area (Å²) < 4.78 is 26.4. The summed E-state index contributed by atoms with van der Waals surface area (Å²) >= 11 is 5.73. The number of halogens is 1. The number of nitrogens with zero attached hydrogens (tertiary/aromatic N) is 1. The molecule has 1 atom stereocenters. The predicted octanol–water partition coefficient (Wildman–Crippen LogP) is 0.292. The van der Waals surface area contributed by atoms with E-state index in [-0.39, 0.29) is 16.0 Å². The maximum absolute atomic E-state index is 12.1. The number of hydrogen-bond donors (Lipinski definition) is 2. The number of carbonyl (C=O) groups excluding carboxylic acids is 1. The Morgan fingerprint density at radius 3 is 2.94 bits per heavy atom. The fraction of sp³-hybridized carbons (Fsp3) is 0.400. The van der Waals surface area contributed by atoms with Crippen molar-refractivity contribution in [2.24, 2.45) is 0 Å². The van der Waals surface area contributed by atoms with Gasteiger partial charge in [0.25, 0.3) is 0 Å². The van der Waals surface area contributed by atoms with E-state index in [2.05, 4.69) is 15.0 Å². The molecule has 1 aliphatic heterocycles. The van der Waals surface area contributed by atoms with E-state index < -0.39 is 16.1 Å². The van der Waals surface area contributed by atoms with Gasteiger partial charge in [-0.15, -0.1) is 0 Å². The average molecular weight is 290 g/mol. The van der Waals surface area contributed by atoms with Crippen LogP contribution in [0.4, 0.5) is 0 Å². The molecule has 8 heteroatoms. The third-order valence-electron chi connectivity index (χ3n) is 2.60. The number of amides is 1. The molecule has 1 amide bonds. The van der Waals surface area contributed by atoms with E-state index in [0.717, 1.165) is 6.42 Å². The van der Waals surface area contributed by atoms with Gasteiger partial charge in [-0.05, 0) is 25.0 Å². The molecule has 1 saturated heterocycles. The van der Waals surface area contributed by atoms with Crippen LogP contribution in [0.3, 0.4) is 0 Å². The zero-order valence-corrected chi connectivity index (χ0v) is 11.0. The molecule has 0 radical (unpaired) electrons. The summed E-state index contributed by atoms with van der Waals surface area (Å²) in [7, 11) is -3.83. The normalized spacial score (nSPS) is 20.5. The predicted molar refractivity (Wildman–Crippen MR) is 65.6 cm³/mol. The van der Waals surface area contributed by atoms with Crippen molar-refractivity contribution in [2.45, 2.75) is 23.8 Å². The molecule has 0 spiro atoms. The van der Waals surface area contributed by atoms with Gasteiger partial charge < -0.3 is 5.32 Å². The molecule has 0 saturated carbocycles. The van der Waals surface area contributed by atoms with Crippen molar-refractivity contribution in [3.8, 4) is 0 Å². The fourth-order valence-corrected chi connectivity index (χ4v) is 3.39. The minimum atomic E-state index is -3.83. The van der Waals surface area contributed by atoms with Crippen LogP contribution in [0.1, 0.15) is 12.8 Å². The van der Waals surface area contributed by atoms with Crippen LogP contribution in [0.5, 0.6) is 0 Å². The van der Waals surface area contributed by atoms with Gasteiger partial charge in [0, 0.05) is 12.7 Å². The molecule has 1 aromatic rings. The third-order valence-corrected chi connectivity index (χ3v) is 4.51. The van der Waals surface area contributed by atoms with Crippen molar-refractivity contribution in [1.29, 1.82) is 0 Å². The highest BCUT2D eigenvalue weighted by molar-refractivity contribution is 7.89. The Labute approximate surface area is 110 Å². The van der Waals surface area contributed by atoms with Gasteiger partial charge in [-0.2, -0.15) is 4.72 Å². The topological polar surface area (TPSA) is 88.2 Å². The van der Waals surface area contributed by atoms with Crippen LogP contribution in [-0.2, 0) is 14.8 Å². The number of nitrogens with one attached hydrogen (secondary N) is 2. The molecule has 1 aromatic heterocycles. The van der Waals surface area contributed by atoms with E-state index in [1.165, 1.54) is 18.3 Å². The first-order valence-corrected chi connectivity index (χ1v) is 7.27. The Hall–Kier alpha value is -1.18. The Kier molecular flexibility index (Phi) is 3.84. The number of rotatable bonds is 3. The second-order valence-corrected chi connectivity index (χ2v) is 5.94. The first-order chi connectivity index (χ1) is 8.50. The maximum atomic E-state index is 12.1. The molecule has 6 nitrogen and oxygen atoms in total. The summed E-state index contributed by atoms with van der Waals surface area (Å²) in [4.78, 5) is 15.1. The van der Waals surface area contributed by atoms with Gasteiger partial charge in [-0.25, -0.2) is 13.4 Å². The second-order valence-electron chi connectivity index (χ2n) is 3.90. The van der Waals surface area contributed by atoms with Crippen molar-refractivity contribution in [3.63, 3.8) is 0 Å². The second kappa shape index (κ2) is 5.21. The lowest BCUT2D eigenvalue weighted by atomic mass is 10.1. The average Bonchev–Trinajstić information content (AvgIpc) is 2.32. The monoisotopic (exact) mass is 289 g/mol. The number of carbonyl (C=O) groups is 1. The molecular weight excluding hydrogens is 278 g/mol. The van der Waals surface area contributed by atoms with Gasteiger partial charge in [0.15, 0.2) is 0 Å². The van der Waals surface area contributed by atoms with Crippen LogP contribution in [0.25, 0.3) is 0 Å². The molecular formula is C10H12ClN3O3S. The highest BCUT2D eigenvalue weighted by Gasteiger charge is 2.28. The van der Waals surface area contributed by atoms with Gasteiger partial charge in [0.1, 0.15) is 16.1 Å². The van der Waals surface area contributed by atoms with Crippen LogP contribution in [-0.4, -0.2) is 31.9 Å². The van der Waals surface area contributed by atoms with Crippen LogP contribution in [0.15, 0.2) is 23.2 Å². The summed E-state index contributed by atoms with van der Waals surface area (Å²) in [6.45, 7) is 0.574. The van der Waals surface area contributed by atoms with Crippen molar-refractivity contribution >= 4 is 27.5 Å². The molecule has 98 valence electrons. The minimum Gasteiger partial charge on any atom is -0.355 e. The summed E-state index contributed by atoms with van der Waals surface area (Å²) in [6.07, 6.45) is 2.61. The molecule has 1 aliphatic rings. The van der Waals surface area contributed by atoms with Crippen molar-refractivity contribution < 1.29 is 13.2 Å². The first kappa shape index (κ1) is 13.3. The summed E-state index contributed by atoms with van der Waals surface area (Å²) in [5.41, 5.74) is 0. The van der Waals surface area contributed by atoms with Gasteiger partial charge in [-0.1, -0.05) is 11.6 Å². The highest BCUT2D eigenvalue weighted by Crippen LogP contribution is 2.18. The number of aromatic nitrogens is 1. The largest absolute Gasteiger partial charge is 0.355 e. The maximum Gasteiger partial charge on any atom is 0.244 e. The Morgan fingerprint density at radius 1 is 1.50 bits per heavy atom. The molecule has 2 rings (SSSR count). The quantitative estimate of drug-likeness (QED) is 0.783. The van der Waals surface area contributed by atoms with E-state index in [4.69, 9.17) is 11.6 Å². The number of sulfonamides is 1.